The van der Waals surface area contributed by atoms with Crippen LogP contribution in [0.1, 0.15) is 23.5 Å². The number of hydrogen-bond acceptors (Lipinski definition) is 3. The lowest BCUT2D eigenvalue weighted by Gasteiger charge is -2.14. The largest absolute Gasteiger partial charge is 0.497 e. The molecule has 0 amide bonds. The Morgan fingerprint density at radius 2 is 2.04 bits per heavy atom. The van der Waals surface area contributed by atoms with Crippen molar-refractivity contribution in [2.24, 2.45) is 4.99 Å². The Morgan fingerprint density at radius 3 is 2.73 bits per heavy atom. The Kier molecular flexibility index (Phi) is 5.89. The van der Waals surface area contributed by atoms with Crippen LogP contribution in [0.4, 0.5) is 0 Å². The van der Waals surface area contributed by atoms with Crippen LogP contribution in [0.3, 0.4) is 0 Å². The molecule has 0 heterocycles. The summed E-state index contributed by atoms with van der Waals surface area (Å²) in [6.07, 6.45) is 1.08. The number of nitrogens with one attached hydrogen (secondary N) is 2. The smallest absolute Gasteiger partial charge is 0.191 e. The van der Waals surface area contributed by atoms with Gasteiger partial charge in [-0.25, -0.2) is 0 Å². The zero-order chi connectivity index (χ0) is 18.5. The lowest BCUT2D eigenvalue weighted by atomic mass is 10.1. The third-order valence-electron chi connectivity index (χ3n) is 4.55. The van der Waals surface area contributed by atoms with Crippen LogP contribution in [0.2, 0.25) is 5.02 Å². The second kappa shape index (κ2) is 8.32. The van der Waals surface area contributed by atoms with E-state index in [9.17, 15) is 0 Å². The lowest BCUT2D eigenvalue weighted by Crippen LogP contribution is -2.38. The zero-order valence-electron chi connectivity index (χ0n) is 15.3. The summed E-state index contributed by atoms with van der Waals surface area (Å²) in [6.45, 7) is 0.612. The highest BCUT2D eigenvalue weighted by molar-refractivity contribution is 6.30. The van der Waals surface area contributed by atoms with Crippen LogP contribution in [0.5, 0.6) is 11.5 Å². The Morgan fingerprint density at radius 1 is 1.19 bits per heavy atom. The van der Waals surface area contributed by atoms with Crippen molar-refractivity contribution in [1.82, 2.24) is 10.6 Å². The van der Waals surface area contributed by atoms with E-state index in [2.05, 4.69) is 21.7 Å². The molecule has 0 bridgehead atoms. The molecule has 1 aliphatic rings. The van der Waals surface area contributed by atoms with Crippen LogP contribution in [-0.2, 0) is 6.54 Å². The van der Waals surface area contributed by atoms with Gasteiger partial charge in [-0.15, -0.1) is 0 Å². The van der Waals surface area contributed by atoms with Crippen molar-refractivity contribution in [3.63, 3.8) is 0 Å². The number of halogens is 1. The average Bonchev–Trinajstić information content (AvgIpc) is 3.44. The number of guanidine groups is 1. The minimum atomic E-state index is 0.373. The van der Waals surface area contributed by atoms with Gasteiger partial charge in [0.25, 0.3) is 0 Å². The molecule has 5 nitrogen and oxygen atoms in total. The molecular formula is C20H24ClN3O2. The van der Waals surface area contributed by atoms with Gasteiger partial charge >= 0.3 is 0 Å². The van der Waals surface area contributed by atoms with Gasteiger partial charge in [-0.05, 0) is 36.2 Å². The summed E-state index contributed by atoms with van der Waals surface area (Å²) < 4.78 is 10.7. The quantitative estimate of drug-likeness (QED) is 0.600. The molecule has 2 atom stereocenters. The first kappa shape index (κ1) is 18.4. The highest BCUT2D eigenvalue weighted by atomic mass is 35.5. The molecule has 0 spiro atoms. The number of benzene rings is 2. The SMILES string of the molecule is CN=C(NCc1ccc(OC)cc1OC)NC1CC1c1cccc(Cl)c1. The summed E-state index contributed by atoms with van der Waals surface area (Å²) in [5.41, 5.74) is 2.31. The molecule has 138 valence electrons. The van der Waals surface area contributed by atoms with E-state index in [0.29, 0.717) is 18.5 Å². The number of rotatable bonds is 6. The molecule has 1 saturated carbocycles. The Balaban J connectivity index is 1.56. The van der Waals surface area contributed by atoms with Crippen molar-refractivity contribution in [3.05, 3.63) is 58.6 Å². The Bertz CT molecular complexity index is 794. The van der Waals surface area contributed by atoms with Crippen LogP contribution in [-0.4, -0.2) is 33.3 Å². The molecule has 26 heavy (non-hydrogen) atoms. The van der Waals surface area contributed by atoms with Gasteiger partial charge in [0.05, 0.1) is 14.2 Å². The normalized spacial score (nSPS) is 19.0. The second-order valence-corrected chi connectivity index (χ2v) is 6.69. The fourth-order valence-corrected chi connectivity index (χ4v) is 3.21. The fourth-order valence-electron chi connectivity index (χ4n) is 3.01. The summed E-state index contributed by atoms with van der Waals surface area (Å²) in [6, 6.07) is 14.2. The highest BCUT2D eigenvalue weighted by Gasteiger charge is 2.39. The van der Waals surface area contributed by atoms with Crippen molar-refractivity contribution >= 4 is 17.6 Å². The zero-order valence-corrected chi connectivity index (χ0v) is 16.0. The topological polar surface area (TPSA) is 54.9 Å². The van der Waals surface area contributed by atoms with Gasteiger partial charge in [-0.2, -0.15) is 0 Å². The van der Waals surface area contributed by atoms with Crippen LogP contribution in [0, 0.1) is 0 Å². The van der Waals surface area contributed by atoms with Gasteiger partial charge in [-0.3, -0.25) is 4.99 Å². The Hall–Kier alpha value is -2.40. The fraction of sp³-hybridized carbons (Fsp3) is 0.350. The van der Waals surface area contributed by atoms with E-state index in [0.717, 1.165) is 34.5 Å². The standard InChI is InChI=1S/C20H24ClN3O2/c1-22-20(23-12-14-7-8-16(25-2)10-19(14)26-3)24-18-11-17(18)13-5-4-6-15(21)9-13/h4-10,17-18H,11-12H2,1-3H3,(H2,22,23,24). The molecule has 3 rings (SSSR count). The van der Waals surface area contributed by atoms with Crippen LogP contribution >= 0.6 is 11.6 Å². The first-order valence-corrected chi connectivity index (χ1v) is 8.96. The van der Waals surface area contributed by atoms with E-state index in [4.69, 9.17) is 21.1 Å². The van der Waals surface area contributed by atoms with Gasteiger partial charge < -0.3 is 20.1 Å². The summed E-state index contributed by atoms with van der Waals surface area (Å²) >= 11 is 6.09. The molecule has 0 saturated heterocycles. The first-order chi connectivity index (χ1) is 12.6. The number of hydrogen-bond donors (Lipinski definition) is 2. The van der Waals surface area contributed by atoms with Crippen molar-refractivity contribution in [2.45, 2.75) is 24.9 Å². The van der Waals surface area contributed by atoms with E-state index >= 15 is 0 Å². The Labute approximate surface area is 159 Å². The van der Waals surface area contributed by atoms with Crippen LogP contribution < -0.4 is 20.1 Å². The third kappa shape index (κ3) is 4.41. The molecular weight excluding hydrogens is 350 g/mol. The van der Waals surface area contributed by atoms with E-state index < -0.39 is 0 Å². The maximum atomic E-state index is 6.09. The van der Waals surface area contributed by atoms with Crippen molar-refractivity contribution in [1.29, 1.82) is 0 Å². The summed E-state index contributed by atoms with van der Waals surface area (Å²) in [7, 11) is 5.08. The molecule has 2 aromatic rings. The lowest BCUT2D eigenvalue weighted by molar-refractivity contribution is 0.390. The molecule has 2 unspecified atom stereocenters. The molecule has 1 aliphatic carbocycles. The third-order valence-corrected chi connectivity index (χ3v) is 4.79. The predicted molar refractivity (Wildman–Crippen MR) is 105 cm³/mol. The van der Waals surface area contributed by atoms with Gasteiger partial charge in [0.15, 0.2) is 5.96 Å². The summed E-state index contributed by atoms with van der Waals surface area (Å²) in [4.78, 5) is 4.32. The minimum Gasteiger partial charge on any atom is -0.497 e. The monoisotopic (exact) mass is 373 g/mol. The molecule has 0 radical (unpaired) electrons. The molecule has 6 heteroatoms. The van der Waals surface area contributed by atoms with Gasteiger partial charge in [0.2, 0.25) is 0 Å². The van der Waals surface area contributed by atoms with E-state index in [1.165, 1.54) is 5.56 Å². The molecule has 1 fully saturated rings. The van der Waals surface area contributed by atoms with Gasteiger partial charge in [0.1, 0.15) is 11.5 Å². The molecule has 2 N–H and O–H groups in total. The molecule has 2 aromatic carbocycles. The van der Waals surface area contributed by atoms with Gasteiger partial charge in [0, 0.05) is 42.2 Å². The summed E-state index contributed by atoms with van der Waals surface area (Å²) in [5.74, 6) is 2.81. The maximum Gasteiger partial charge on any atom is 0.191 e. The maximum absolute atomic E-state index is 6.09. The molecule has 0 aromatic heterocycles. The average molecular weight is 374 g/mol. The second-order valence-electron chi connectivity index (χ2n) is 6.25. The minimum absolute atomic E-state index is 0.373. The molecule has 0 aliphatic heterocycles. The predicted octanol–water partition coefficient (Wildman–Crippen LogP) is 3.58. The van der Waals surface area contributed by atoms with Crippen LogP contribution in [0.15, 0.2) is 47.5 Å². The first-order valence-electron chi connectivity index (χ1n) is 8.58. The van der Waals surface area contributed by atoms with Crippen molar-refractivity contribution < 1.29 is 9.47 Å². The van der Waals surface area contributed by atoms with Gasteiger partial charge in [-0.1, -0.05) is 23.7 Å². The number of methoxy groups -OCH3 is 2. The number of nitrogens with zero attached hydrogens (tertiary/aromatic N) is 1. The summed E-state index contributed by atoms with van der Waals surface area (Å²) in [5, 5.41) is 7.59. The van der Waals surface area contributed by atoms with Crippen molar-refractivity contribution in [3.8, 4) is 11.5 Å². The number of aliphatic imine (C=N–C) groups is 1. The van der Waals surface area contributed by atoms with E-state index in [1.807, 2.05) is 36.4 Å². The van der Waals surface area contributed by atoms with Crippen molar-refractivity contribution in [2.75, 3.05) is 21.3 Å². The van der Waals surface area contributed by atoms with Crippen LogP contribution in [0.25, 0.3) is 0 Å². The van der Waals surface area contributed by atoms with E-state index in [1.54, 1.807) is 21.3 Å². The van der Waals surface area contributed by atoms with E-state index in [-0.39, 0.29) is 0 Å². The highest BCUT2D eigenvalue weighted by Crippen LogP contribution is 2.41. The number of ether oxygens (including phenoxy) is 2.